The van der Waals surface area contributed by atoms with E-state index in [-0.39, 0.29) is 5.70 Å². The van der Waals surface area contributed by atoms with Gasteiger partial charge in [0.2, 0.25) is 0 Å². The predicted octanol–water partition coefficient (Wildman–Crippen LogP) is 7.62. The molecule has 39 heavy (non-hydrogen) atoms. The number of benzene rings is 3. The Labute approximate surface area is 231 Å². The van der Waals surface area contributed by atoms with Crippen LogP contribution in [-0.4, -0.2) is 18.7 Å². The molecule has 1 saturated heterocycles. The third-order valence-electron chi connectivity index (χ3n) is 8.29. The summed E-state index contributed by atoms with van der Waals surface area (Å²) in [6.45, 7) is 9.63. The van der Waals surface area contributed by atoms with Crippen molar-refractivity contribution in [1.29, 1.82) is 5.26 Å². The molecule has 0 unspecified atom stereocenters. The van der Waals surface area contributed by atoms with Gasteiger partial charge in [-0.1, -0.05) is 72.8 Å². The Balaban J connectivity index is 1.16. The summed E-state index contributed by atoms with van der Waals surface area (Å²) in [7, 11) is 0. The number of anilines is 1. The van der Waals surface area contributed by atoms with Crippen LogP contribution in [0.5, 0.6) is 0 Å². The molecule has 1 aliphatic carbocycles. The van der Waals surface area contributed by atoms with Crippen molar-refractivity contribution >= 4 is 11.8 Å². The number of rotatable bonds is 4. The summed E-state index contributed by atoms with van der Waals surface area (Å²) < 4.78 is 6.59. The van der Waals surface area contributed by atoms with Gasteiger partial charge in [-0.2, -0.15) is 0 Å². The molecular formula is C35H31N3O. The lowest BCUT2D eigenvalue weighted by Crippen LogP contribution is -2.36. The second kappa shape index (κ2) is 10.7. The van der Waals surface area contributed by atoms with Gasteiger partial charge in [0, 0.05) is 38.0 Å². The van der Waals surface area contributed by atoms with Crippen LogP contribution < -0.4 is 4.90 Å². The quantitative estimate of drug-likeness (QED) is 0.268. The van der Waals surface area contributed by atoms with Crippen LogP contribution in [-0.2, 0) is 17.6 Å². The van der Waals surface area contributed by atoms with E-state index in [9.17, 15) is 5.26 Å². The molecule has 3 aromatic carbocycles. The van der Waals surface area contributed by atoms with Crippen molar-refractivity contribution in [3.05, 3.63) is 142 Å². The first-order chi connectivity index (χ1) is 19.1. The lowest BCUT2D eigenvalue weighted by molar-refractivity contribution is 0.0108. The van der Waals surface area contributed by atoms with Gasteiger partial charge in [-0.3, -0.25) is 0 Å². The first kappa shape index (κ1) is 24.8. The summed E-state index contributed by atoms with van der Waals surface area (Å²) in [5.74, 6) is 1.35. The zero-order valence-corrected chi connectivity index (χ0v) is 22.0. The molecular weight excluding hydrogens is 478 g/mol. The van der Waals surface area contributed by atoms with Crippen molar-refractivity contribution < 1.29 is 4.74 Å². The Morgan fingerprint density at radius 2 is 1.56 bits per heavy atom. The Bertz CT molecular complexity index is 1480. The third kappa shape index (κ3) is 5.25. The molecule has 6 rings (SSSR count). The molecule has 4 nitrogen and oxygen atoms in total. The highest BCUT2D eigenvalue weighted by Crippen LogP contribution is 2.43. The minimum atomic E-state index is -0.448. The number of hydrogen-bond donors (Lipinski definition) is 0. The molecule has 0 bridgehead atoms. The number of allylic oxidation sites excluding steroid dienone is 3. The minimum absolute atomic E-state index is 0.153. The monoisotopic (exact) mass is 509 g/mol. The molecule has 1 spiro atoms. The van der Waals surface area contributed by atoms with E-state index in [2.05, 4.69) is 101 Å². The van der Waals surface area contributed by atoms with E-state index < -0.39 is 5.60 Å². The highest BCUT2D eigenvalue weighted by molar-refractivity contribution is 5.59. The van der Waals surface area contributed by atoms with Crippen LogP contribution >= 0.6 is 0 Å². The fourth-order valence-electron chi connectivity index (χ4n) is 6.32. The highest BCUT2D eigenvalue weighted by Gasteiger charge is 2.42. The summed E-state index contributed by atoms with van der Waals surface area (Å²) in [6.07, 6.45) is 10.4. The van der Waals surface area contributed by atoms with Gasteiger partial charge in [0.25, 0.3) is 5.70 Å². The number of hydrogen-bond acceptors (Lipinski definition) is 3. The van der Waals surface area contributed by atoms with Crippen LogP contribution in [0.1, 0.15) is 47.4 Å². The number of fused-ring (bicyclic) bond motifs is 1. The summed E-state index contributed by atoms with van der Waals surface area (Å²) >= 11 is 0. The largest absolute Gasteiger partial charge is 0.486 e. The van der Waals surface area contributed by atoms with Gasteiger partial charge in [0.05, 0.1) is 12.6 Å². The molecule has 0 saturated carbocycles. The highest BCUT2D eigenvalue weighted by atomic mass is 16.5. The van der Waals surface area contributed by atoms with Gasteiger partial charge in [0.15, 0.2) is 0 Å². The van der Waals surface area contributed by atoms with E-state index in [4.69, 9.17) is 11.3 Å². The number of ether oxygens (including phenoxy) is 1. The molecule has 4 heteroatoms. The SMILES string of the molecule is [C-]#[N+]/C(C#N)=C1C=C(/C=C/c2ccc(N3CCC(c4ccccc4)CC3)cc2)OC2(C\1)Cc1ccccc1C2. The van der Waals surface area contributed by atoms with Crippen molar-refractivity contribution in [3.8, 4) is 6.07 Å². The van der Waals surface area contributed by atoms with Gasteiger partial charge in [-0.25, -0.2) is 10.1 Å². The molecule has 0 N–H and O–H groups in total. The molecule has 2 aliphatic heterocycles. The molecule has 0 atom stereocenters. The average Bonchev–Trinajstić information content (AvgIpc) is 3.34. The standard InChI is InChI=1S/C35H31N3O/c1-37-34(25-36)31-21-33(39-35(24-31)22-29-9-5-6-10-30(29)23-35)16-13-26-11-14-32(15-12-26)38-19-17-28(18-20-38)27-7-3-2-4-8-27/h2-16,21,28H,17-20,22-24H2/b16-13+,34-31+. The van der Waals surface area contributed by atoms with E-state index in [0.29, 0.717) is 18.1 Å². The fraction of sp³-hybridized carbons (Fsp3) is 0.257. The first-order valence-electron chi connectivity index (χ1n) is 13.7. The number of nitriles is 1. The van der Waals surface area contributed by atoms with Crippen LogP contribution in [0, 0.1) is 17.9 Å². The Morgan fingerprint density at radius 1 is 0.897 bits per heavy atom. The fourth-order valence-corrected chi connectivity index (χ4v) is 6.32. The van der Waals surface area contributed by atoms with Crippen LogP contribution in [0.3, 0.4) is 0 Å². The maximum absolute atomic E-state index is 9.57. The van der Waals surface area contributed by atoms with E-state index in [1.54, 1.807) is 0 Å². The van der Waals surface area contributed by atoms with Crippen LogP contribution in [0.4, 0.5) is 5.69 Å². The predicted molar refractivity (Wildman–Crippen MR) is 156 cm³/mol. The molecule has 2 heterocycles. The van der Waals surface area contributed by atoms with Crippen molar-refractivity contribution in [2.24, 2.45) is 0 Å². The molecule has 0 radical (unpaired) electrons. The van der Waals surface area contributed by atoms with Crippen molar-refractivity contribution in [1.82, 2.24) is 0 Å². The van der Waals surface area contributed by atoms with Crippen molar-refractivity contribution in [2.45, 2.75) is 43.6 Å². The van der Waals surface area contributed by atoms with E-state index in [0.717, 1.165) is 37.1 Å². The van der Waals surface area contributed by atoms with E-state index in [1.807, 2.05) is 12.2 Å². The average molecular weight is 510 g/mol. The van der Waals surface area contributed by atoms with E-state index >= 15 is 0 Å². The summed E-state index contributed by atoms with van der Waals surface area (Å²) in [4.78, 5) is 5.98. The summed E-state index contributed by atoms with van der Waals surface area (Å²) in [5.41, 5.74) is 6.84. The smallest absolute Gasteiger partial charge is 0.265 e. The molecule has 0 aromatic heterocycles. The summed E-state index contributed by atoms with van der Waals surface area (Å²) in [6, 6.07) is 30.1. The van der Waals surface area contributed by atoms with Crippen molar-refractivity contribution in [2.75, 3.05) is 18.0 Å². The second-order valence-electron chi connectivity index (χ2n) is 10.8. The first-order valence-corrected chi connectivity index (χ1v) is 13.7. The van der Waals surface area contributed by atoms with Gasteiger partial charge < -0.3 is 9.64 Å². The van der Waals surface area contributed by atoms with Gasteiger partial charge in [0.1, 0.15) is 11.4 Å². The molecule has 3 aromatic rings. The molecule has 1 fully saturated rings. The Kier molecular flexibility index (Phi) is 6.78. The lowest BCUT2D eigenvalue weighted by atomic mass is 9.87. The third-order valence-corrected chi connectivity index (χ3v) is 8.29. The van der Waals surface area contributed by atoms with Crippen LogP contribution in [0.15, 0.2) is 108 Å². The zero-order valence-electron chi connectivity index (χ0n) is 22.0. The number of nitrogens with zero attached hydrogens (tertiary/aromatic N) is 3. The maximum Gasteiger partial charge on any atom is 0.265 e. The summed E-state index contributed by atoms with van der Waals surface area (Å²) in [5, 5.41) is 9.57. The zero-order chi connectivity index (χ0) is 26.7. The number of piperidine rings is 1. The van der Waals surface area contributed by atoms with E-state index in [1.165, 1.54) is 35.2 Å². The Hall–Kier alpha value is -4.54. The van der Waals surface area contributed by atoms with Crippen LogP contribution in [0.25, 0.3) is 10.9 Å². The van der Waals surface area contributed by atoms with Crippen LogP contribution in [0.2, 0.25) is 0 Å². The van der Waals surface area contributed by atoms with Gasteiger partial charge in [-0.05, 0) is 70.9 Å². The van der Waals surface area contributed by atoms with Gasteiger partial charge >= 0.3 is 0 Å². The maximum atomic E-state index is 9.57. The molecule has 192 valence electrons. The second-order valence-corrected chi connectivity index (χ2v) is 10.8. The Morgan fingerprint density at radius 3 is 2.21 bits per heavy atom. The topological polar surface area (TPSA) is 40.6 Å². The van der Waals surface area contributed by atoms with Gasteiger partial charge in [-0.15, -0.1) is 0 Å². The minimum Gasteiger partial charge on any atom is -0.486 e. The lowest BCUT2D eigenvalue weighted by Gasteiger charge is -2.35. The molecule has 0 amide bonds. The van der Waals surface area contributed by atoms with Crippen molar-refractivity contribution in [3.63, 3.8) is 0 Å². The normalized spacial score (nSPS) is 19.6. The molecule has 3 aliphatic rings.